The van der Waals surface area contributed by atoms with E-state index in [2.05, 4.69) is 10.3 Å². The second-order valence-corrected chi connectivity index (χ2v) is 4.07. The third kappa shape index (κ3) is 2.69. The molecule has 3 nitrogen and oxygen atoms in total. The predicted molar refractivity (Wildman–Crippen MR) is 59.4 cm³/mol. The zero-order valence-electron chi connectivity index (χ0n) is 8.74. The zero-order chi connectivity index (χ0) is 10.5. The Morgan fingerprint density at radius 3 is 3.00 bits per heavy atom. The molecular weight excluding hydrogens is 186 g/mol. The van der Waals surface area contributed by atoms with E-state index in [1.165, 1.54) is 25.7 Å². The van der Waals surface area contributed by atoms with E-state index < -0.39 is 0 Å². The standard InChI is InChI=1S/C12H15N3/c13-8-12-7-11(5-6-14-12)15-9-10-3-1-2-4-10/h5-7,10H,1-4,9H2,(H,14,15). The van der Waals surface area contributed by atoms with Gasteiger partial charge in [0.05, 0.1) is 0 Å². The summed E-state index contributed by atoms with van der Waals surface area (Å²) in [6.07, 6.45) is 7.08. The van der Waals surface area contributed by atoms with Crippen LogP contribution in [0.3, 0.4) is 0 Å². The van der Waals surface area contributed by atoms with Crippen LogP contribution in [0.15, 0.2) is 18.3 Å². The Morgan fingerprint density at radius 1 is 1.47 bits per heavy atom. The highest BCUT2D eigenvalue weighted by molar-refractivity contribution is 5.45. The van der Waals surface area contributed by atoms with E-state index in [9.17, 15) is 0 Å². The number of pyridine rings is 1. The molecule has 2 rings (SSSR count). The summed E-state index contributed by atoms with van der Waals surface area (Å²) >= 11 is 0. The van der Waals surface area contributed by atoms with Crippen molar-refractivity contribution >= 4 is 5.69 Å². The first-order valence-electron chi connectivity index (χ1n) is 5.48. The molecule has 1 saturated carbocycles. The number of nitrogens with one attached hydrogen (secondary N) is 1. The molecule has 0 radical (unpaired) electrons. The highest BCUT2D eigenvalue weighted by atomic mass is 14.9. The zero-order valence-corrected chi connectivity index (χ0v) is 8.74. The van der Waals surface area contributed by atoms with Crippen LogP contribution in [-0.4, -0.2) is 11.5 Å². The molecule has 1 aliphatic rings. The topological polar surface area (TPSA) is 48.7 Å². The number of rotatable bonds is 3. The van der Waals surface area contributed by atoms with Gasteiger partial charge in [-0.05, 0) is 30.9 Å². The Labute approximate surface area is 90.1 Å². The molecule has 0 amide bonds. The molecule has 1 aromatic heterocycles. The lowest BCUT2D eigenvalue weighted by molar-refractivity contribution is 0.580. The van der Waals surface area contributed by atoms with Crippen LogP contribution in [0.25, 0.3) is 0 Å². The van der Waals surface area contributed by atoms with Crippen molar-refractivity contribution in [2.24, 2.45) is 5.92 Å². The van der Waals surface area contributed by atoms with Crippen molar-refractivity contribution in [3.63, 3.8) is 0 Å². The maximum absolute atomic E-state index is 8.70. The van der Waals surface area contributed by atoms with Crippen LogP contribution in [0.5, 0.6) is 0 Å². The van der Waals surface area contributed by atoms with E-state index in [1.807, 2.05) is 12.1 Å². The van der Waals surface area contributed by atoms with E-state index in [0.29, 0.717) is 5.69 Å². The molecule has 0 spiro atoms. The summed E-state index contributed by atoms with van der Waals surface area (Å²) in [6, 6.07) is 5.76. The van der Waals surface area contributed by atoms with Gasteiger partial charge in [0.2, 0.25) is 0 Å². The van der Waals surface area contributed by atoms with Crippen molar-refractivity contribution < 1.29 is 0 Å². The van der Waals surface area contributed by atoms with Crippen LogP contribution in [0, 0.1) is 17.2 Å². The van der Waals surface area contributed by atoms with Gasteiger partial charge in [-0.3, -0.25) is 0 Å². The first kappa shape index (κ1) is 9.97. The van der Waals surface area contributed by atoms with Gasteiger partial charge < -0.3 is 5.32 Å². The van der Waals surface area contributed by atoms with Gasteiger partial charge in [0.15, 0.2) is 0 Å². The van der Waals surface area contributed by atoms with Gasteiger partial charge in [0.1, 0.15) is 11.8 Å². The lowest BCUT2D eigenvalue weighted by Crippen LogP contribution is -2.10. The third-order valence-corrected chi connectivity index (χ3v) is 2.94. The van der Waals surface area contributed by atoms with Crippen molar-refractivity contribution in [2.75, 3.05) is 11.9 Å². The lowest BCUT2D eigenvalue weighted by Gasteiger charge is -2.11. The molecule has 0 bridgehead atoms. The minimum atomic E-state index is 0.478. The van der Waals surface area contributed by atoms with Crippen LogP contribution in [-0.2, 0) is 0 Å². The van der Waals surface area contributed by atoms with Crippen molar-refractivity contribution in [1.29, 1.82) is 5.26 Å². The summed E-state index contributed by atoms with van der Waals surface area (Å²) in [6.45, 7) is 1.02. The Balaban J connectivity index is 1.90. The molecule has 78 valence electrons. The number of nitrogens with zero attached hydrogens (tertiary/aromatic N) is 2. The monoisotopic (exact) mass is 201 g/mol. The number of hydrogen-bond acceptors (Lipinski definition) is 3. The van der Waals surface area contributed by atoms with Gasteiger partial charge in [0, 0.05) is 18.4 Å². The Morgan fingerprint density at radius 2 is 2.27 bits per heavy atom. The Hall–Kier alpha value is -1.56. The highest BCUT2D eigenvalue weighted by Gasteiger charge is 2.14. The molecule has 1 N–H and O–H groups in total. The maximum Gasteiger partial charge on any atom is 0.142 e. The number of aromatic nitrogens is 1. The average Bonchev–Trinajstić information content (AvgIpc) is 2.79. The van der Waals surface area contributed by atoms with E-state index in [-0.39, 0.29) is 0 Å². The normalized spacial score (nSPS) is 16.2. The summed E-state index contributed by atoms with van der Waals surface area (Å²) in [4.78, 5) is 3.94. The second kappa shape index (κ2) is 4.79. The van der Waals surface area contributed by atoms with Crippen molar-refractivity contribution in [3.8, 4) is 6.07 Å². The molecule has 1 aromatic rings. The Bertz CT molecular complexity index is 361. The van der Waals surface area contributed by atoms with Crippen molar-refractivity contribution in [1.82, 2.24) is 4.98 Å². The summed E-state index contributed by atoms with van der Waals surface area (Å²) < 4.78 is 0. The van der Waals surface area contributed by atoms with E-state index in [0.717, 1.165) is 18.2 Å². The van der Waals surface area contributed by atoms with Gasteiger partial charge in [-0.25, -0.2) is 4.98 Å². The number of anilines is 1. The summed E-state index contributed by atoms with van der Waals surface area (Å²) in [7, 11) is 0. The SMILES string of the molecule is N#Cc1cc(NCC2CCCC2)ccn1. The minimum Gasteiger partial charge on any atom is -0.385 e. The summed E-state index contributed by atoms with van der Waals surface area (Å²) in [5.74, 6) is 0.809. The van der Waals surface area contributed by atoms with Crippen LogP contribution in [0.4, 0.5) is 5.69 Å². The summed E-state index contributed by atoms with van der Waals surface area (Å²) in [5.41, 5.74) is 1.49. The predicted octanol–water partition coefficient (Wildman–Crippen LogP) is 2.56. The first-order chi connectivity index (χ1) is 7.38. The molecule has 1 heterocycles. The van der Waals surface area contributed by atoms with Gasteiger partial charge in [-0.2, -0.15) is 5.26 Å². The smallest absolute Gasteiger partial charge is 0.142 e. The van der Waals surface area contributed by atoms with E-state index in [1.54, 1.807) is 12.3 Å². The lowest BCUT2D eigenvalue weighted by atomic mass is 10.1. The minimum absolute atomic E-state index is 0.478. The van der Waals surface area contributed by atoms with E-state index >= 15 is 0 Å². The summed E-state index contributed by atoms with van der Waals surface area (Å²) in [5, 5.41) is 12.1. The fraction of sp³-hybridized carbons (Fsp3) is 0.500. The molecule has 0 atom stereocenters. The van der Waals surface area contributed by atoms with Gasteiger partial charge in [-0.1, -0.05) is 12.8 Å². The van der Waals surface area contributed by atoms with Crippen LogP contribution in [0.2, 0.25) is 0 Å². The highest BCUT2D eigenvalue weighted by Crippen LogP contribution is 2.24. The molecule has 1 aliphatic carbocycles. The fourth-order valence-electron chi connectivity index (χ4n) is 2.08. The average molecular weight is 201 g/mol. The fourth-order valence-corrected chi connectivity index (χ4v) is 2.08. The molecule has 0 aliphatic heterocycles. The maximum atomic E-state index is 8.70. The Kier molecular flexibility index (Phi) is 3.18. The number of hydrogen-bond donors (Lipinski definition) is 1. The molecule has 0 unspecified atom stereocenters. The molecule has 0 saturated heterocycles. The quantitative estimate of drug-likeness (QED) is 0.817. The largest absolute Gasteiger partial charge is 0.385 e. The third-order valence-electron chi connectivity index (χ3n) is 2.94. The molecule has 0 aromatic carbocycles. The first-order valence-corrected chi connectivity index (χ1v) is 5.48. The van der Waals surface area contributed by atoms with Crippen LogP contribution >= 0.6 is 0 Å². The van der Waals surface area contributed by atoms with Gasteiger partial charge >= 0.3 is 0 Å². The van der Waals surface area contributed by atoms with Crippen molar-refractivity contribution in [2.45, 2.75) is 25.7 Å². The van der Waals surface area contributed by atoms with E-state index in [4.69, 9.17) is 5.26 Å². The van der Waals surface area contributed by atoms with Crippen LogP contribution < -0.4 is 5.32 Å². The van der Waals surface area contributed by atoms with Crippen molar-refractivity contribution in [3.05, 3.63) is 24.0 Å². The molecular formula is C12H15N3. The van der Waals surface area contributed by atoms with Gasteiger partial charge in [0.25, 0.3) is 0 Å². The molecule has 1 fully saturated rings. The van der Waals surface area contributed by atoms with Gasteiger partial charge in [-0.15, -0.1) is 0 Å². The molecule has 3 heteroatoms. The second-order valence-electron chi connectivity index (χ2n) is 4.07. The molecule has 15 heavy (non-hydrogen) atoms. The van der Waals surface area contributed by atoms with Crippen LogP contribution in [0.1, 0.15) is 31.4 Å². The number of nitriles is 1.